The third-order valence-electron chi connectivity index (χ3n) is 7.41. The smallest absolute Gasteiger partial charge is 0.246 e. The number of amides is 1. The van der Waals surface area contributed by atoms with E-state index in [9.17, 15) is 4.79 Å². The minimum Gasteiger partial charge on any atom is -0.456 e. The minimum absolute atomic E-state index is 0.111. The van der Waals surface area contributed by atoms with Crippen LogP contribution in [0.5, 0.6) is 11.5 Å². The molecule has 9 nitrogen and oxygen atoms in total. The van der Waals surface area contributed by atoms with Crippen LogP contribution in [0.25, 0.3) is 22.4 Å². The fraction of sp³-hybridized carbons (Fsp3) is 0.321. The van der Waals surface area contributed by atoms with E-state index in [4.69, 9.17) is 15.6 Å². The summed E-state index contributed by atoms with van der Waals surface area (Å²) in [5, 5.41) is 5.65. The Morgan fingerprint density at radius 3 is 2.73 bits per heavy atom. The highest BCUT2D eigenvalue weighted by atomic mass is 16.5. The molecule has 0 atom stereocenters. The summed E-state index contributed by atoms with van der Waals surface area (Å²) in [6.07, 6.45) is 10.6. The number of nitrogens with two attached hydrogens (primary N) is 1. The van der Waals surface area contributed by atoms with Crippen LogP contribution >= 0.6 is 0 Å². The maximum atomic E-state index is 12.5. The molecule has 4 heterocycles. The zero-order chi connectivity index (χ0) is 25.4. The number of fused-ring (bicyclic) bond motifs is 1. The molecule has 4 aromatic rings. The largest absolute Gasteiger partial charge is 0.456 e. The molecule has 1 saturated carbocycles. The molecule has 1 spiro atoms. The van der Waals surface area contributed by atoms with Crippen LogP contribution in [0.4, 0.5) is 5.82 Å². The molecule has 0 bridgehead atoms. The zero-order valence-electron chi connectivity index (χ0n) is 20.7. The lowest BCUT2D eigenvalue weighted by molar-refractivity contribution is -0.125. The first-order chi connectivity index (χ1) is 18.0. The summed E-state index contributed by atoms with van der Waals surface area (Å²) in [7, 11) is 0. The number of para-hydroxylation sites is 1. The van der Waals surface area contributed by atoms with Crippen molar-refractivity contribution in [3.63, 3.8) is 0 Å². The van der Waals surface area contributed by atoms with Crippen molar-refractivity contribution in [1.29, 1.82) is 0 Å². The first-order valence-corrected chi connectivity index (χ1v) is 12.7. The highest BCUT2D eigenvalue weighted by molar-refractivity contribution is 5.97. The van der Waals surface area contributed by atoms with E-state index in [1.54, 1.807) is 12.3 Å². The Hall–Kier alpha value is -4.27. The third-order valence-corrected chi connectivity index (χ3v) is 7.41. The van der Waals surface area contributed by atoms with Crippen molar-refractivity contribution in [3.8, 4) is 22.9 Å². The van der Waals surface area contributed by atoms with Gasteiger partial charge in [0.25, 0.3) is 0 Å². The lowest BCUT2D eigenvalue weighted by atomic mass is 9.65. The van der Waals surface area contributed by atoms with E-state index < -0.39 is 0 Å². The normalized spacial score (nSPS) is 21.1. The molecule has 9 heteroatoms. The van der Waals surface area contributed by atoms with Crippen LogP contribution in [-0.4, -0.2) is 48.6 Å². The number of carbonyl (C=O) groups is 1. The van der Waals surface area contributed by atoms with E-state index in [-0.39, 0.29) is 17.4 Å². The SMILES string of the molecule is CC/C=C/C(=O)N1CC[C@]2(C1)C[C@@H](n1nc(-c3ccc(Oc4ccccc4)cn3)c3c(N)ncnc31)C2. The van der Waals surface area contributed by atoms with E-state index in [0.29, 0.717) is 34.0 Å². The molecule has 2 N–H and O–H groups in total. The Kier molecular flexibility index (Phi) is 5.82. The van der Waals surface area contributed by atoms with Gasteiger partial charge in [0.15, 0.2) is 5.65 Å². The molecule has 2 aliphatic rings. The van der Waals surface area contributed by atoms with E-state index in [2.05, 4.69) is 15.0 Å². The zero-order valence-corrected chi connectivity index (χ0v) is 20.7. The fourth-order valence-corrected chi connectivity index (χ4v) is 5.53. The lowest BCUT2D eigenvalue weighted by Gasteiger charge is -2.45. The summed E-state index contributed by atoms with van der Waals surface area (Å²) >= 11 is 0. The number of aromatic nitrogens is 5. The van der Waals surface area contributed by atoms with Crippen molar-refractivity contribution in [3.05, 3.63) is 67.1 Å². The summed E-state index contributed by atoms with van der Waals surface area (Å²) in [5.41, 5.74) is 8.50. The van der Waals surface area contributed by atoms with Gasteiger partial charge in [-0.25, -0.2) is 14.6 Å². The Morgan fingerprint density at radius 2 is 1.97 bits per heavy atom. The molecule has 0 unspecified atom stereocenters. The number of hydrogen-bond acceptors (Lipinski definition) is 7. The summed E-state index contributed by atoms with van der Waals surface area (Å²) in [6, 6.07) is 13.5. The molecule has 1 aromatic carbocycles. The van der Waals surface area contributed by atoms with Gasteiger partial charge in [-0.2, -0.15) is 5.10 Å². The number of likely N-dealkylation sites (tertiary alicyclic amines) is 1. The minimum atomic E-state index is 0.111. The van der Waals surface area contributed by atoms with Crippen LogP contribution in [0.1, 0.15) is 38.6 Å². The number of anilines is 1. The third kappa shape index (κ3) is 4.30. The van der Waals surface area contributed by atoms with Gasteiger partial charge in [-0.05, 0) is 61.4 Å². The number of nitrogen functional groups attached to an aromatic ring is 1. The maximum absolute atomic E-state index is 12.5. The Labute approximate surface area is 215 Å². The van der Waals surface area contributed by atoms with Crippen molar-refractivity contribution in [2.24, 2.45) is 5.41 Å². The van der Waals surface area contributed by atoms with Crippen LogP contribution in [0.3, 0.4) is 0 Å². The summed E-state index contributed by atoms with van der Waals surface area (Å²) in [5.74, 6) is 1.88. The number of rotatable bonds is 6. The Bertz CT molecular complexity index is 1460. The average molecular weight is 496 g/mol. The van der Waals surface area contributed by atoms with Crippen LogP contribution in [-0.2, 0) is 4.79 Å². The van der Waals surface area contributed by atoms with Crippen molar-refractivity contribution in [1.82, 2.24) is 29.6 Å². The van der Waals surface area contributed by atoms with Crippen molar-refractivity contribution in [2.45, 2.75) is 38.6 Å². The first-order valence-electron chi connectivity index (χ1n) is 12.7. The summed E-state index contributed by atoms with van der Waals surface area (Å²) in [6.45, 7) is 3.64. The quantitative estimate of drug-likeness (QED) is 0.383. The number of ether oxygens (including phenoxy) is 1. The highest BCUT2D eigenvalue weighted by Crippen LogP contribution is 2.54. The molecule has 1 amide bonds. The molecule has 37 heavy (non-hydrogen) atoms. The average Bonchev–Trinajstić information content (AvgIpc) is 3.51. The number of nitrogens with zero attached hydrogens (tertiary/aromatic N) is 6. The van der Waals surface area contributed by atoms with Crippen molar-refractivity contribution < 1.29 is 9.53 Å². The van der Waals surface area contributed by atoms with Gasteiger partial charge < -0.3 is 15.4 Å². The topological polar surface area (TPSA) is 112 Å². The second-order valence-electron chi connectivity index (χ2n) is 9.93. The van der Waals surface area contributed by atoms with Crippen LogP contribution in [0, 0.1) is 5.41 Å². The van der Waals surface area contributed by atoms with E-state index in [1.807, 2.05) is 65.0 Å². The van der Waals surface area contributed by atoms with Gasteiger partial charge in [0.2, 0.25) is 5.91 Å². The molecule has 188 valence electrons. The Balaban J connectivity index is 1.24. The predicted molar refractivity (Wildman–Crippen MR) is 141 cm³/mol. The standard InChI is InChI=1S/C28H29N7O2/c1-2-3-9-23(36)34-13-12-28(17-34)14-19(15-28)35-27-24(26(29)31-18-32-27)25(33-35)22-11-10-21(16-30-22)37-20-7-5-4-6-8-20/h3-11,16,18-19H,2,12-15,17H2,1H3,(H2,29,31,32)/b9-3+/t19-,28+. The molecule has 6 rings (SSSR count). The number of pyridine rings is 1. The van der Waals surface area contributed by atoms with Gasteiger partial charge in [0.1, 0.15) is 29.3 Å². The van der Waals surface area contributed by atoms with Gasteiger partial charge in [-0.15, -0.1) is 0 Å². The molecule has 1 aliphatic carbocycles. The molecule has 1 aliphatic heterocycles. The van der Waals surface area contributed by atoms with Crippen molar-refractivity contribution in [2.75, 3.05) is 18.8 Å². The Morgan fingerprint density at radius 1 is 1.14 bits per heavy atom. The summed E-state index contributed by atoms with van der Waals surface area (Å²) in [4.78, 5) is 27.8. The lowest BCUT2D eigenvalue weighted by Crippen LogP contribution is -2.42. The van der Waals surface area contributed by atoms with Crippen LogP contribution in [0.15, 0.2) is 67.1 Å². The molecule has 1 saturated heterocycles. The van der Waals surface area contributed by atoms with E-state index >= 15 is 0 Å². The molecular formula is C28H29N7O2. The second kappa shape index (κ2) is 9.31. The molecule has 0 radical (unpaired) electrons. The van der Waals surface area contributed by atoms with Gasteiger partial charge in [-0.1, -0.05) is 31.2 Å². The fourth-order valence-electron chi connectivity index (χ4n) is 5.53. The first kappa shape index (κ1) is 23.1. The molecule has 2 fully saturated rings. The van der Waals surface area contributed by atoms with Gasteiger partial charge >= 0.3 is 0 Å². The molecular weight excluding hydrogens is 466 g/mol. The van der Waals surface area contributed by atoms with Gasteiger partial charge in [-0.3, -0.25) is 9.78 Å². The highest BCUT2D eigenvalue weighted by Gasteiger charge is 2.50. The number of carbonyl (C=O) groups excluding carboxylic acids is 1. The predicted octanol–water partition coefficient (Wildman–Crippen LogP) is 4.78. The number of hydrogen-bond donors (Lipinski definition) is 1. The van der Waals surface area contributed by atoms with Gasteiger partial charge in [0, 0.05) is 13.1 Å². The monoisotopic (exact) mass is 495 g/mol. The van der Waals surface area contributed by atoms with E-state index in [0.717, 1.165) is 44.5 Å². The summed E-state index contributed by atoms with van der Waals surface area (Å²) < 4.78 is 7.86. The van der Waals surface area contributed by atoms with Crippen LogP contribution < -0.4 is 10.5 Å². The number of benzene rings is 1. The van der Waals surface area contributed by atoms with Gasteiger partial charge in [0.05, 0.1) is 23.3 Å². The number of allylic oxidation sites excluding steroid dienone is 1. The second-order valence-corrected chi connectivity index (χ2v) is 9.93. The van der Waals surface area contributed by atoms with Crippen LogP contribution in [0.2, 0.25) is 0 Å². The molecule has 3 aromatic heterocycles. The van der Waals surface area contributed by atoms with Crippen molar-refractivity contribution >= 4 is 22.8 Å². The van der Waals surface area contributed by atoms with E-state index in [1.165, 1.54) is 6.33 Å². The maximum Gasteiger partial charge on any atom is 0.246 e.